The van der Waals surface area contributed by atoms with Gasteiger partial charge in [0.15, 0.2) is 0 Å². The zero-order chi connectivity index (χ0) is 25.9. The molecule has 3 aliphatic heterocycles. The molecule has 2 saturated heterocycles. The molecule has 3 aliphatic rings. The molecule has 4 heterocycles. The van der Waals surface area contributed by atoms with Crippen LogP contribution in [0.3, 0.4) is 0 Å². The van der Waals surface area contributed by atoms with Gasteiger partial charge in [-0.15, -0.1) is 0 Å². The first-order valence-electron chi connectivity index (χ1n) is 13.6. The molecule has 1 aromatic carbocycles. The van der Waals surface area contributed by atoms with Gasteiger partial charge in [-0.2, -0.15) is 4.98 Å². The Balaban J connectivity index is 1.21. The molecular weight excluding hydrogens is 466 g/mol. The number of piperidine rings is 2. The molecule has 2 amide bonds. The molecule has 37 heavy (non-hydrogen) atoms. The average Bonchev–Trinajstić information content (AvgIpc) is 2.92. The highest BCUT2D eigenvalue weighted by atomic mass is 16.2. The van der Waals surface area contributed by atoms with Crippen LogP contribution < -0.4 is 10.2 Å². The molecule has 2 aromatic rings. The first kappa shape index (κ1) is 25.4. The van der Waals surface area contributed by atoms with Crippen molar-refractivity contribution in [3.8, 4) is 0 Å². The maximum absolute atomic E-state index is 13.5. The summed E-state index contributed by atoms with van der Waals surface area (Å²) in [7, 11) is 3.78. The van der Waals surface area contributed by atoms with Crippen molar-refractivity contribution in [1.82, 2.24) is 24.7 Å². The predicted octanol–water partition coefficient (Wildman–Crippen LogP) is 2.63. The average molecular weight is 506 g/mol. The Hall–Kier alpha value is -3.20. The van der Waals surface area contributed by atoms with Gasteiger partial charge in [0.1, 0.15) is 11.5 Å². The van der Waals surface area contributed by atoms with Crippen LogP contribution in [0.2, 0.25) is 0 Å². The Morgan fingerprint density at radius 1 is 0.919 bits per heavy atom. The lowest BCUT2D eigenvalue weighted by molar-refractivity contribution is -0.129. The predicted molar refractivity (Wildman–Crippen MR) is 145 cm³/mol. The normalized spacial score (nSPS) is 19.4. The van der Waals surface area contributed by atoms with E-state index in [4.69, 9.17) is 0 Å². The summed E-state index contributed by atoms with van der Waals surface area (Å²) in [6, 6.07) is 11.3. The van der Waals surface area contributed by atoms with Crippen LogP contribution in [-0.4, -0.2) is 95.4 Å². The SMILES string of the molecule is CC(=O)N1CCC(Nc2cc(C(=O)N3CCC(N4CCc5ccccc5C4)CC3)nc(N(C)C)n2)CC1. The van der Waals surface area contributed by atoms with Gasteiger partial charge in [0.25, 0.3) is 5.91 Å². The Labute approximate surface area is 219 Å². The summed E-state index contributed by atoms with van der Waals surface area (Å²) in [4.78, 5) is 42.7. The summed E-state index contributed by atoms with van der Waals surface area (Å²) in [5.74, 6) is 1.29. The fourth-order valence-electron chi connectivity index (χ4n) is 5.79. The molecule has 0 aliphatic carbocycles. The van der Waals surface area contributed by atoms with Crippen molar-refractivity contribution < 1.29 is 9.59 Å². The van der Waals surface area contributed by atoms with E-state index in [1.165, 1.54) is 11.1 Å². The van der Waals surface area contributed by atoms with E-state index in [1.54, 1.807) is 13.0 Å². The maximum atomic E-state index is 13.5. The number of amides is 2. The third-order valence-corrected chi connectivity index (χ3v) is 8.05. The zero-order valence-electron chi connectivity index (χ0n) is 22.3. The van der Waals surface area contributed by atoms with Crippen LogP contribution in [0.1, 0.15) is 54.2 Å². The second kappa shape index (κ2) is 11.0. The Morgan fingerprint density at radius 2 is 1.59 bits per heavy atom. The quantitative estimate of drug-likeness (QED) is 0.669. The van der Waals surface area contributed by atoms with Crippen molar-refractivity contribution in [3.63, 3.8) is 0 Å². The van der Waals surface area contributed by atoms with Crippen LogP contribution in [0.4, 0.5) is 11.8 Å². The fourth-order valence-corrected chi connectivity index (χ4v) is 5.79. The van der Waals surface area contributed by atoms with E-state index in [-0.39, 0.29) is 17.9 Å². The minimum atomic E-state index is -0.0256. The molecular formula is C28H39N7O2. The summed E-state index contributed by atoms with van der Waals surface area (Å²) in [5, 5.41) is 3.50. The molecule has 0 saturated carbocycles. The second-order valence-electron chi connectivity index (χ2n) is 10.8. The van der Waals surface area contributed by atoms with Gasteiger partial charge in [0.2, 0.25) is 11.9 Å². The van der Waals surface area contributed by atoms with Gasteiger partial charge in [-0.25, -0.2) is 4.98 Å². The fraction of sp³-hybridized carbons (Fsp3) is 0.571. The highest BCUT2D eigenvalue weighted by Crippen LogP contribution is 2.26. The van der Waals surface area contributed by atoms with Crippen LogP contribution in [-0.2, 0) is 17.8 Å². The molecule has 0 radical (unpaired) electrons. The molecule has 1 N–H and O–H groups in total. The molecule has 9 nitrogen and oxygen atoms in total. The number of fused-ring (bicyclic) bond motifs is 1. The van der Waals surface area contributed by atoms with Crippen molar-refractivity contribution in [2.24, 2.45) is 0 Å². The Kier molecular flexibility index (Phi) is 7.60. The van der Waals surface area contributed by atoms with Gasteiger partial charge in [0, 0.05) is 78.4 Å². The molecule has 5 rings (SSSR count). The number of carbonyl (C=O) groups is 2. The Morgan fingerprint density at radius 3 is 2.27 bits per heavy atom. The zero-order valence-corrected chi connectivity index (χ0v) is 22.3. The minimum absolute atomic E-state index is 0.0256. The van der Waals surface area contributed by atoms with Crippen LogP contribution in [0.15, 0.2) is 30.3 Å². The van der Waals surface area contributed by atoms with Crippen molar-refractivity contribution in [2.75, 3.05) is 57.0 Å². The molecule has 0 unspecified atom stereocenters. The van der Waals surface area contributed by atoms with E-state index in [1.807, 2.05) is 28.8 Å². The van der Waals surface area contributed by atoms with Gasteiger partial charge >= 0.3 is 0 Å². The Bertz CT molecular complexity index is 1120. The number of benzene rings is 1. The van der Waals surface area contributed by atoms with Crippen LogP contribution >= 0.6 is 0 Å². The number of hydrogen-bond donors (Lipinski definition) is 1. The largest absolute Gasteiger partial charge is 0.367 e. The summed E-state index contributed by atoms with van der Waals surface area (Å²) < 4.78 is 0. The van der Waals surface area contributed by atoms with Gasteiger partial charge in [-0.05, 0) is 43.2 Å². The monoisotopic (exact) mass is 505 g/mol. The standard InChI is InChI=1S/C28H39N7O2/c1-20(36)33-14-9-23(10-15-33)29-26-18-25(30-28(31-26)32(2)3)27(37)34-16-11-24(12-17-34)35-13-8-21-6-4-5-7-22(21)19-35/h4-7,18,23-24H,8-17,19H2,1-3H3,(H,29,30,31). The third kappa shape index (κ3) is 5.87. The van der Waals surface area contributed by atoms with E-state index in [0.717, 1.165) is 71.4 Å². The molecule has 1 aromatic heterocycles. The highest BCUT2D eigenvalue weighted by molar-refractivity contribution is 5.93. The van der Waals surface area contributed by atoms with Crippen LogP contribution in [0.25, 0.3) is 0 Å². The van der Waals surface area contributed by atoms with Gasteiger partial charge < -0.3 is 20.0 Å². The van der Waals surface area contributed by atoms with Crippen molar-refractivity contribution in [2.45, 2.75) is 57.7 Å². The topological polar surface area (TPSA) is 84.9 Å². The minimum Gasteiger partial charge on any atom is -0.367 e. The lowest BCUT2D eigenvalue weighted by Crippen LogP contribution is -2.48. The number of hydrogen-bond acceptors (Lipinski definition) is 7. The van der Waals surface area contributed by atoms with Gasteiger partial charge in [-0.3, -0.25) is 14.5 Å². The van der Waals surface area contributed by atoms with E-state index < -0.39 is 0 Å². The maximum Gasteiger partial charge on any atom is 0.272 e. The number of nitrogens with zero attached hydrogens (tertiary/aromatic N) is 6. The number of likely N-dealkylation sites (tertiary alicyclic amines) is 2. The first-order valence-corrected chi connectivity index (χ1v) is 13.6. The molecule has 0 bridgehead atoms. The van der Waals surface area contributed by atoms with E-state index in [9.17, 15) is 9.59 Å². The third-order valence-electron chi connectivity index (χ3n) is 8.05. The van der Waals surface area contributed by atoms with Crippen molar-refractivity contribution in [3.05, 3.63) is 47.2 Å². The lowest BCUT2D eigenvalue weighted by Gasteiger charge is -2.40. The van der Waals surface area contributed by atoms with Crippen molar-refractivity contribution >= 4 is 23.6 Å². The summed E-state index contributed by atoms with van der Waals surface area (Å²) in [6.45, 7) is 6.68. The second-order valence-corrected chi connectivity index (χ2v) is 10.8. The molecule has 198 valence electrons. The first-order chi connectivity index (χ1) is 17.9. The van der Waals surface area contributed by atoms with Gasteiger partial charge in [0.05, 0.1) is 0 Å². The van der Waals surface area contributed by atoms with E-state index >= 15 is 0 Å². The smallest absolute Gasteiger partial charge is 0.272 e. The van der Waals surface area contributed by atoms with Gasteiger partial charge in [-0.1, -0.05) is 24.3 Å². The van der Waals surface area contributed by atoms with Crippen LogP contribution in [0, 0.1) is 0 Å². The number of rotatable bonds is 5. The van der Waals surface area contributed by atoms with E-state index in [2.05, 4.69) is 44.5 Å². The number of carbonyl (C=O) groups excluding carboxylic acids is 2. The highest BCUT2D eigenvalue weighted by Gasteiger charge is 2.30. The lowest BCUT2D eigenvalue weighted by atomic mass is 9.95. The molecule has 0 spiro atoms. The number of aromatic nitrogens is 2. The van der Waals surface area contributed by atoms with Crippen LogP contribution in [0.5, 0.6) is 0 Å². The summed E-state index contributed by atoms with van der Waals surface area (Å²) in [6.07, 6.45) is 4.79. The number of anilines is 2. The molecule has 9 heteroatoms. The molecule has 0 atom stereocenters. The van der Waals surface area contributed by atoms with E-state index in [0.29, 0.717) is 23.5 Å². The summed E-state index contributed by atoms with van der Waals surface area (Å²) >= 11 is 0. The molecule has 2 fully saturated rings. The summed E-state index contributed by atoms with van der Waals surface area (Å²) in [5.41, 5.74) is 3.35. The number of nitrogens with one attached hydrogen (secondary N) is 1. The van der Waals surface area contributed by atoms with Crippen molar-refractivity contribution in [1.29, 1.82) is 0 Å².